The topological polar surface area (TPSA) is 35.9 Å². The van der Waals surface area contributed by atoms with Gasteiger partial charge in [0.15, 0.2) is 0 Å². The first-order chi connectivity index (χ1) is 9.72. The van der Waals surface area contributed by atoms with Crippen molar-refractivity contribution in [1.82, 2.24) is 9.80 Å². The van der Waals surface area contributed by atoms with Crippen molar-refractivity contribution in [3.63, 3.8) is 0 Å². The number of benzene rings is 1. The van der Waals surface area contributed by atoms with Crippen LogP contribution in [0.25, 0.3) is 0 Å². The molecule has 1 fully saturated rings. The Morgan fingerprint density at radius 3 is 2.65 bits per heavy atom. The van der Waals surface area contributed by atoms with Crippen LogP contribution in [-0.2, 0) is 6.54 Å². The number of aliphatic hydroxyl groups excluding tert-OH is 1. The van der Waals surface area contributed by atoms with Crippen molar-refractivity contribution in [2.24, 2.45) is 0 Å². The van der Waals surface area contributed by atoms with Gasteiger partial charge < -0.3 is 14.7 Å². The molecule has 1 aliphatic rings. The molecule has 112 valence electrons. The lowest BCUT2D eigenvalue weighted by Crippen LogP contribution is -2.51. The van der Waals surface area contributed by atoms with Crippen LogP contribution >= 0.6 is 0 Å². The second-order valence-electron chi connectivity index (χ2n) is 5.46. The van der Waals surface area contributed by atoms with Crippen LogP contribution in [0.15, 0.2) is 24.3 Å². The predicted molar refractivity (Wildman–Crippen MR) is 81.0 cm³/mol. The van der Waals surface area contributed by atoms with E-state index in [-0.39, 0.29) is 6.61 Å². The van der Waals surface area contributed by atoms with Gasteiger partial charge in [-0.1, -0.05) is 12.1 Å². The van der Waals surface area contributed by atoms with Gasteiger partial charge in [-0.3, -0.25) is 4.90 Å². The van der Waals surface area contributed by atoms with E-state index in [0.29, 0.717) is 12.6 Å². The molecule has 2 rings (SSSR count). The zero-order chi connectivity index (χ0) is 14.4. The van der Waals surface area contributed by atoms with Crippen molar-refractivity contribution in [3.05, 3.63) is 29.8 Å². The molecule has 1 unspecified atom stereocenters. The van der Waals surface area contributed by atoms with Crippen LogP contribution < -0.4 is 4.74 Å². The van der Waals surface area contributed by atoms with E-state index in [9.17, 15) is 0 Å². The Hall–Kier alpha value is -1.10. The molecule has 1 atom stereocenters. The van der Waals surface area contributed by atoms with Crippen molar-refractivity contribution in [1.29, 1.82) is 0 Å². The molecule has 1 aromatic rings. The Labute approximate surface area is 122 Å². The predicted octanol–water partition coefficient (Wildman–Crippen LogP) is 1.58. The summed E-state index contributed by atoms with van der Waals surface area (Å²) >= 11 is 0. The van der Waals surface area contributed by atoms with E-state index < -0.39 is 0 Å². The summed E-state index contributed by atoms with van der Waals surface area (Å²) in [5.74, 6) is 0.938. The highest BCUT2D eigenvalue weighted by atomic mass is 16.5. The maximum absolute atomic E-state index is 9.13. The molecule has 0 bridgehead atoms. The number of rotatable bonds is 6. The van der Waals surface area contributed by atoms with Gasteiger partial charge >= 0.3 is 0 Å². The Morgan fingerprint density at radius 2 is 2.00 bits per heavy atom. The Balaban J connectivity index is 1.89. The van der Waals surface area contributed by atoms with Crippen molar-refractivity contribution >= 4 is 0 Å². The minimum Gasteiger partial charge on any atom is -0.494 e. The second-order valence-corrected chi connectivity index (χ2v) is 5.46. The Kier molecular flexibility index (Phi) is 5.83. The highest BCUT2D eigenvalue weighted by molar-refractivity contribution is 5.27. The lowest BCUT2D eigenvalue weighted by molar-refractivity contribution is 0.0743. The first-order valence-corrected chi connectivity index (χ1v) is 7.48. The smallest absolute Gasteiger partial charge is 0.119 e. The van der Waals surface area contributed by atoms with Crippen LogP contribution in [0.2, 0.25) is 0 Å². The molecular formula is C16H26N2O2. The van der Waals surface area contributed by atoms with Gasteiger partial charge in [0.2, 0.25) is 0 Å². The van der Waals surface area contributed by atoms with Gasteiger partial charge in [-0.15, -0.1) is 0 Å². The minimum absolute atomic E-state index is 0.270. The molecule has 1 aromatic carbocycles. The molecule has 1 N–H and O–H groups in total. The summed E-state index contributed by atoms with van der Waals surface area (Å²) in [6, 6.07) is 8.84. The molecule has 0 radical (unpaired) electrons. The maximum Gasteiger partial charge on any atom is 0.119 e. The van der Waals surface area contributed by atoms with E-state index in [1.165, 1.54) is 5.56 Å². The normalized spacial score (nSPS) is 21.1. The monoisotopic (exact) mass is 278 g/mol. The van der Waals surface area contributed by atoms with E-state index >= 15 is 0 Å². The summed E-state index contributed by atoms with van der Waals surface area (Å²) in [5, 5.41) is 9.13. The average molecular weight is 278 g/mol. The minimum atomic E-state index is 0.270. The third kappa shape index (κ3) is 4.20. The van der Waals surface area contributed by atoms with Gasteiger partial charge in [-0.25, -0.2) is 0 Å². The number of hydrogen-bond acceptors (Lipinski definition) is 4. The van der Waals surface area contributed by atoms with Gasteiger partial charge in [0.05, 0.1) is 6.61 Å². The lowest BCUT2D eigenvalue weighted by Gasteiger charge is -2.39. The molecule has 20 heavy (non-hydrogen) atoms. The number of aliphatic hydroxyl groups is 1. The fourth-order valence-corrected chi connectivity index (χ4v) is 2.73. The van der Waals surface area contributed by atoms with Crippen molar-refractivity contribution in [2.75, 3.05) is 39.9 Å². The first kappa shape index (κ1) is 15.3. The van der Waals surface area contributed by atoms with Crippen LogP contribution in [0.1, 0.15) is 18.9 Å². The van der Waals surface area contributed by atoms with E-state index in [2.05, 4.69) is 29.0 Å². The van der Waals surface area contributed by atoms with Crippen LogP contribution in [0, 0.1) is 0 Å². The van der Waals surface area contributed by atoms with Crippen molar-refractivity contribution < 1.29 is 9.84 Å². The maximum atomic E-state index is 9.13. The van der Waals surface area contributed by atoms with Crippen LogP contribution in [0.3, 0.4) is 0 Å². The van der Waals surface area contributed by atoms with Crippen LogP contribution in [0.4, 0.5) is 0 Å². The van der Waals surface area contributed by atoms with E-state index in [0.717, 1.165) is 38.3 Å². The number of nitrogens with zero attached hydrogens (tertiary/aromatic N) is 2. The molecule has 1 heterocycles. The molecular weight excluding hydrogens is 252 g/mol. The van der Waals surface area contributed by atoms with Crippen LogP contribution in [-0.4, -0.2) is 60.8 Å². The molecule has 0 aliphatic carbocycles. The molecule has 1 aliphatic heterocycles. The molecule has 4 heteroatoms. The molecule has 0 aromatic heterocycles. The van der Waals surface area contributed by atoms with Gasteiger partial charge in [0.1, 0.15) is 5.75 Å². The van der Waals surface area contributed by atoms with Gasteiger partial charge in [0.25, 0.3) is 0 Å². The van der Waals surface area contributed by atoms with Gasteiger partial charge in [0, 0.05) is 38.8 Å². The zero-order valence-corrected chi connectivity index (χ0v) is 12.6. The largest absolute Gasteiger partial charge is 0.494 e. The third-order valence-electron chi connectivity index (χ3n) is 3.96. The summed E-state index contributed by atoms with van der Waals surface area (Å²) in [5.41, 5.74) is 1.32. The molecule has 0 spiro atoms. The fraction of sp³-hybridized carbons (Fsp3) is 0.625. The van der Waals surface area contributed by atoms with Crippen LogP contribution in [0.5, 0.6) is 5.75 Å². The highest BCUT2D eigenvalue weighted by Crippen LogP contribution is 2.16. The lowest BCUT2D eigenvalue weighted by atomic mass is 10.1. The first-order valence-electron chi connectivity index (χ1n) is 7.48. The van der Waals surface area contributed by atoms with Crippen molar-refractivity contribution in [2.45, 2.75) is 25.9 Å². The van der Waals surface area contributed by atoms with E-state index in [1.54, 1.807) is 0 Å². The summed E-state index contributed by atoms with van der Waals surface area (Å²) in [4.78, 5) is 4.82. The molecule has 0 amide bonds. The third-order valence-corrected chi connectivity index (χ3v) is 3.96. The fourth-order valence-electron chi connectivity index (χ4n) is 2.73. The summed E-state index contributed by atoms with van der Waals surface area (Å²) in [7, 11) is 2.15. The molecule has 1 saturated heterocycles. The Morgan fingerprint density at radius 1 is 1.25 bits per heavy atom. The number of ether oxygens (including phenoxy) is 1. The average Bonchev–Trinajstić information content (AvgIpc) is 2.45. The SMILES string of the molecule is CCOc1ccc(CN2CCN(C)C(CCO)C2)cc1. The summed E-state index contributed by atoms with van der Waals surface area (Å²) in [6.07, 6.45) is 0.857. The van der Waals surface area contributed by atoms with Gasteiger partial charge in [-0.2, -0.15) is 0 Å². The van der Waals surface area contributed by atoms with E-state index in [4.69, 9.17) is 9.84 Å². The highest BCUT2D eigenvalue weighted by Gasteiger charge is 2.23. The number of piperazine rings is 1. The van der Waals surface area contributed by atoms with E-state index in [1.807, 2.05) is 19.1 Å². The van der Waals surface area contributed by atoms with Gasteiger partial charge in [-0.05, 0) is 38.1 Å². The quantitative estimate of drug-likeness (QED) is 0.857. The standard InChI is InChI=1S/C16H26N2O2/c1-3-20-16-6-4-14(5-7-16)12-18-10-9-17(2)15(13-18)8-11-19/h4-7,15,19H,3,8-13H2,1-2H3. The number of likely N-dealkylation sites (N-methyl/N-ethyl adjacent to an activating group) is 1. The Bertz CT molecular complexity index is 394. The zero-order valence-electron chi connectivity index (χ0n) is 12.6. The molecule has 0 saturated carbocycles. The molecule has 4 nitrogen and oxygen atoms in total. The summed E-state index contributed by atoms with van der Waals surface area (Å²) < 4.78 is 5.47. The number of hydrogen-bond donors (Lipinski definition) is 1. The summed E-state index contributed by atoms with van der Waals surface area (Å²) in [6.45, 7) is 7.14. The van der Waals surface area contributed by atoms with Crippen molar-refractivity contribution in [3.8, 4) is 5.75 Å². The second kappa shape index (κ2) is 7.62.